The minimum Gasteiger partial charge on any atom is -0.454 e. The molecule has 132 valence electrons. The molecule has 26 heavy (non-hydrogen) atoms. The van der Waals surface area contributed by atoms with Crippen LogP contribution in [-0.4, -0.2) is 12.7 Å². The van der Waals surface area contributed by atoms with Gasteiger partial charge in [-0.1, -0.05) is 17.7 Å². The average Bonchev–Trinajstić information content (AvgIpc) is 3.09. The van der Waals surface area contributed by atoms with Crippen molar-refractivity contribution in [1.82, 2.24) is 5.32 Å². The number of amides is 1. The van der Waals surface area contributed by atoms with E-state index < -0.39 is 5.91 Å². The topological polar surface area (TPSA) is 83.4 Å². The van der Waals surface area contributed by atoms with Crippen LogP contribution >= 0.6 is 11.6 Å². The summed E-state index contributed by atoms with van der Waals surface area (Å²) in [6.07, 6.45) is 1.38. The van der Waals surface area contributed by atoms with Crippen molar-refractivity contribution in [2.45, 2.75) is 13.5 Å². The highest BCUT2D eigenvalue weighted by atomic mass is 35.5. The summed E-state index contributed by atoms with van der Waals surface area (Å²) < 4.78 is 10.6. The van der Waals surface area contributed by atoms with Crippen molar-refractivity contribution in [2.75, 3.05) is 12.1 Å². The largest absolute Gasteiger partial charge is 0.454 e. The molecule has 0 saturated heterocycles. The maximum absolute atomic E-state index is 12.2. The number of nitrogens with zero attached hydrogens (tertiary/aromatic N) is 1. The highest BCUT2D eigenvalue weighted by Gasteiger charge is 2.14. The first-order valence-electron chi connectivity index (χ1n) is 7.86. The molecule has 0 aliphatic carbocycles. The van der Waals surface area contributed by atoms with Gasteiger partial charge in [-0.2, -0.15) is 5.26 Å². The van der Waals surface area contributed by atoms with Crippen LogP contribution in [0, 0.1) is 18.3 Å². The average molecular weight is 370 g/mol. The van der Waals surface area contributed by atoms with Crippen molar-refractivity contribution in [2.24, 2.45) is 0 Å². The van der Waals surface area contributed by atoms with Crippen LogP contribution in [-0.2, 0) is 11.3 Å². The van der Waals surface area contributed by atoms with Crippen molar-refractivity contribution >= 4 is 23.2 Å². The lowest BCUT2D eigenvalue weighted by molar-refractivity contribution is -0.117. The van der Waals surface area contributed by atoms with Gasteiger partial charge < -0.3 is 20.1 Å². The molecule has 0 aromatic heterocycles. The molecule has 0 radical (unpaired) electrons. The number of anilines is 1. The summed E-state index contributed by atoms with van der Waals surface area (Å²) >= 11 is 5.92. The third kappa shape index (κ3) is 4.08. The maximum Gasteiger partial charge on any atom is 0.263 e. The van der Waals surface area contributed by atoms with Crippen LogP contribution in [0.3, 0.4) is 0 Å². The minimum atomic E-state index is -0.468. The summed E-state index contributed by atoms with van der Waals surface area (Å²) in [5.74, 6) is 0.859. The number of nitriles is 1. The Morgan fingerprint density at radius 1 is 1.27 bits per heavy atom. The Morgan fingerprint density at radius 3 is 2.85 bits per heavy atom. The van der Waals surface area contributed by atoms with E-state index in [4.69, 9.17) is 21.1 Å². The van der Waals surface area contributed by atoms with Crippen molar-refractivity contribution in [3.8, 4) is 17.6 Å². The van der Waals surface area contributed by atoms with Gasteiger partial charge >= 0.3 is 0 Å². The monoisotopic (exact) mass is 369 g/mol. The molecule has 2 N–H and O–H groups in total. The van der Waals surface area contributed by atoms with E-state index in [0.717, 1.165) is 16.8 Å². The summed E-state index contributed by atoms with van der Waals surface area (Å²) in [6, 6.07) is 12.6. The second-order valence-electron chi connectivity index (χ2n) is 5.64. The Bertz CT molecular complexity index is 919. The van der Waals surface area contributed by atoms with Crippen molar-refractivity contribution in [1.29, 1.82) is 5.26 Å². The fourth-order valence-electron chi connectivity index (χ4n) is 2.42. The van der Waals surface area contributed by atoms with Gasteiger partial charge in [0.15, 0.2) is 11.5 Å². The molecule has 1 aliphatic heterocycles. The molecular formula is C19H16ClN3O3. The zero-order valence-electron chi connectivity index (χ0n) is 14.0. The number of rotatable bonds is 5. The number of fused-ring (bicyclic) bond motifs is 1. The van der Waals surface area contributed by atoms with Crippen LogP contribution < -0.4 is 20.1 Å². The van der Waals surface area contributed by atoms with Crippen LogP contribution in [0.1, 0.15) is 11.1 Å². The molecule has 1 aliphatic rings. The van der Waals surface area contributed by atoms with Crippen LogP contribution in [0.15, 0.2) is 48.2 Å². The molecule has 0 spiro atoms. The summed E-state index contributed by atoms with van der Waals surface area (Å²) in [5.41, 5.74) is 2.50. The molecule has 7 heteroatoms. The Kier molecular flexibility index (Phi) is 5.30. The van der Waals surface area contributed by atoms with Gasteiger partial charge in [-0.25, -0.2) is 0 Å². The van der Waals surface area contributed by atoms with Crippen LogP contribution in [0.4, 0.5) is 5.69 Å². The molecule has 6 nitrogen and oxygen atoms in total. The first-order chi connectivity index (χ1) is 12.6. The fraction of sp³-hybridized carbons (Fsp3) is 0.158. The summed E-state index contributed by atoms with van der Waals surface area (Å²) in [4.78, 5) is 12.2. The normalized spacial score (nSPS) is 12.4. The number of ether oxygens (including phenoxy) is 2. The highest BCUT2D eigenvalue weighted by molar-refractivity contribution is 6.30. The van der Waals surface area contributed by atoms with Crippen LogP contribution in [0.2, 0.25) is 5.02 Å². The van der Waals surface area contributed by atoms with Crippen molar-refractivity contribution < 1.29 is 14.3 Å². The number of benzene rings is 2. The molecule has 0 saturated carbocycles. The van der Waals surface area contributed by atoms with Gasteiger partial charge in [-0.15, -0.1) is 0 Å². The van der Waals surface area contributed by atoms with E-state index in [9.17, 15) is 10.1 Å². The second-order valence-corrected chi connectivity index (χ2v) is 6.08. The number of carbonyl (C=O) groups excluding carboxylic acids is 1. The number of carbonyl (C=O) groups is 1. The van der Waals surface area contributed by atoms with E-state index >= 15 is 0 Å². The molecule has 2 aromatic carbocycles. The summed E-state index contributed by atoms with van der Waals surface area (Å²) in [6.45, 7) is 2.35. The zero-order valence-corrected chi connectivity index (χ0v) is 14.8. The number of halogens is 1. The smallest absolute Gasteiger partial charge is 0.263 e. The third-order valence-electron chi connectivity index (χ3n) is 3.82. The number of nitrogens with one attached hydrogen (secondary N) is 2. The molecule has 0 unspecified atom stereocenters. The second kappa shape index (κ2) is 7.81. The third-order valence-corrected chi connectivity index (χ3v) is 4.05. The van der Waals surface area contributed by atoms with E-state index in [-0.39, 0.29) is 18.9 Å². The summed E-state index contributed by atoms with van der Waals surface area (Å²) in [5, 5.41) is 15.5. The van der Waals surface area contributed by atoms with E-state index in [1.54, 1.807) is 30.3 Å². The van der Waals surface area contributed by atoms with Gasteiger partial charge in [-0.3, -0.25) is 4.79 Å². The molecular weight excluding hydrogens is 354 g/mol. The summed E-state index contributed by atoms with van der Waals surface area (Å²) in [7, 11) is 0. The predicted octanol–water partition coefficient (Wildman–Crippen LogP) is 3.51. The van der Waals surface area contributed by atoms with Crippen molar-refractivity contribution in [3.63, 3.8) is 0 Å². The minimum absolute atomic E-state index is 0.0277. The van der Waals surface area contributed by atoms with E-state index in [1.165, 1.54) is 6.20 Å². The lowest BCUT2D eigenvalue weighted by atomic mass is 10.2. The zero-order chi connectivity index (χ0) is 18.5. The predicted molar refractivity (Wildman–Crippen MR) is 97.9 cm³/mol. The highest BCUT2D eigenvalue weighted by Crippen LogP contribution is 2.32. The fourth-order valence-corrected chi connectivity index (χ4v) is 2.64. The van der Waals surface area contributed by atoms with Crippen LogP contribution in [0.5, 0.6) is 11.5 Å². The first-order valence-corrected chi connectivity index (χ1v) is 8.24. The number of aryl methyl sites for hydroxylation is 1. The maximum atomic E-state index is 12.2. The first kappa shape index (κ1) is 17.6. The molecule has 1 heterocycles. The standard InChI is InChI=1S/C19H16ClN3O3/c1-12-6-15(20)3-4-16(12)22-10-14(8-21)19(24)23-9-13-2-5-17-18(7-13)26-11-25-17/h2-7,10,22H,9,11H2,1H3,(H,23,24)/b14-10-. The number of hydrogen-bond donors (Lipinski definition) is 2. The Hall–Kier alpha value is -3.17. The van der Waals surface area contributed by atoms with Gasteiger partial charge in [0.05, 0.1) is 0 Å². The van der Waals surface area contributed by atoms with Gasteiger partial charge in [0.25, 0.3) is 5.91 Å². The van der Waals surface area contributed by atoms with Crippen LogP contribution in [0.25, 0.3) is 0 Å². The lowest BCUT2D eigenvalue weighted by Gasteiger charge is -2.08. The molecule has 0 atom stereocenters. The Balaban J connectivity index is 1.62. The van der Waals surface area contributed by atoms with E-state index in [2.05, 4.69) is 10.6 Å². The molecule has 0 fully saturated rings. The van der Waals surface area contributed by atoms with E-state index in [1.807, 2.05) is 19.1 Å². The lowest BCUT2D eigenvalue weighted by Crippen LogP contribution is -2.24. The van der Waals surface area contributed by atoms with Gasteiger partial charge in [0.1, 0.15) is 11.6 Å². The van der Waals surface area contributed by atoms with E-state index in [0.29, 0.717) is 16.5 Å². The molecule has 1 amide bonds. The molecule has 0 bridgehead atoms. The quantitative estimate of drug-likeness (QED) is 0.622. The molecule has 3 rings (SSSR count). The van der Waals surface area contributed by atoms with Crippen molar-refractivity contribution in [3.05, 3.63) is 64.3 Å². The number of hydrogen-bond acceptors (Lipinski definition) is 5. The molecule has 2 aromatic rings. The Labute approximate surface area is 156 Å². The SMILES string of the molecule is Cc1cc(Cl)ccc1N/C=C(/C#N)C(=O)NCc1ccc2c(c1)OCO2. The Morgan fingerprint density at radius 2 is 2.08 bits per heavy atom. The van der Waals surface area contributed by atoms with Gasteiger partial charge in [0.2, 0.25) is 6.79 Å². The van der Waals surface area contributed by atoms with Gasteiger partial charge in [-0.05, 0) is 48.4 Å². The van der Waals surface area contributed by atoms with Gasteiger partial charge in [0, 0.05) is 23.5 Å².